The first-order valence-electron chi connectivity index (χ1n) is 14.4. The average Bonchev–Trinajstić information content (AvgIpc) is 3.55. The van der Waals surface area contributed by atoms with Gasteiger partial charge < -0.3 is 4.74 Å². The van der Waals surface area contributed by atoms with Gasteiger partial charge in [-0.15, -0.1) is 22.7 Å². The van der Waals surface area contributed by atoms with Crippen molar-refractivity contribution in [1.82, 2.24) is 0 Å². The van der Waals surface area contributed by atoms with Gasteiger partial charge in [-0.05, 0) is 43.5 Å². The summed E-state index contributed by atoms with van der Waals surface area (Å²) in [6.07, 6.45) is 18.6. The van der Waals surface area contributed by atoms with E-state index in [2.05, 4.69) is 26.0 Å². The van der Waals surface area contributed by atoms with Crippen molar-refractivity contribution in [2.45, 2.75) is 110 Å². The van der Waals surface area contributed by atoms with Gasteiger partial charge in [-0.25, -0.2) is 8.78 Å². The Kier molecular flexibility index (Phi) is 13.7. The van der Waals surface area contributed by atoms with Crippen LogP contribution in [0.5, 0.6) is 5.75 Å². The molecule has 0 aliphatic heterocycles. The first kappa shape index (κ1) is 29.8. The van der Waals surface area contributed by atoms with E-state index in [1.807, 2.05) is 12.1 Å². The van der Waals surface area contributed by atoms with Crippen molar-refractivity contribution < 1.29 is 13.5 Å². The van der Waals surface area contributed by atoms with Crippen LogP contribution in [-0.4, -0.2) is 6.61 Å². The molecular weight excluding hydrogens is 502 g/mol. The van der Waals surface area contributed by atoms with E-state index in [0.29, 0.717) is 11.5 Å². The van der Waals surface area contributed by atoms with Crippen LogP contribution in [0.2, 0.25) is 0 Å². The molecule has 0 unspecified atom stereocenters. The molecule has 0 spiro atoms. The van der Waals surface area contributed by atoms with Gasteiger partial charge in [-0.3, -0.25) is 0 Å². The first-order chi connectivity index (χ1) is 18.1. The van der Waals surface area contributed by atoms with Gasteiger partial charge >= 0.3 is 0 Å². The highest BCUT2D eigenvalue weighted by atomic mass is 32.1. The van der Waals surface area contributed by atoms with E-state index in [1.165, 1.54) is 110 Å². The number of thiophene rings is 2. The maximum absolute atomic E-state index is 14.9. The fourth-order valence-electron chi connectivity index (χ4n) is 4.62. The highest BCUT2D eigenvalue weighted by Gasteiger charge is 2.17. The van der Waals surface area contributed by atoms with E-state index in [4.69, 9.17) is 4.74 Å². The molecule has 0 fully saturated rings. The van der Waals surface area contributed by atoms with Crippen LogP contribution in [0.25, 0.3) is 20.2 Å². The SMILES string of the molecule is CCCCCCCCCCCCOc1cc(F)c(-c2ccc(-c3ccc(CCCCCC)s3)s2)c(F)c1. The van der Waals surface area contributed by atoms with Crippen molar-refractivity contribution in [3.63, 3.8) is 0 Å². The number of rotatable bonds is 19. The average molecular weight is 547 g/mol. The van der Waals surface area contributed by atoms with Gasteiger partial charge in [0, 0.05) is 31.6 Å². The maximum atomic E-state index is 14.9. The molecule has 0 aliphatic carbocycles. The molecule has 0 N–H and O–H groups in total. The Morgan fingerprint density at radius 1 is 0.595 bits per heavy atom. The second-order valence-corrected chi connectivity index (χ2v) is 12.3. The third-order valence-corrected chi connectivity index (χ3v) is 9.26. The van der Waals surface area contributed by atoms with Gasteiger partial charge in [0.15, 0.2) is 0 Å². The molecule has 5 heteroatoms. The van der Waals surface area contributed by atoms with Crippen molar-refractivity contribution in [2.75, 3.05) is 6.61 Å². The van der Waals surface area contributed by atoms with Crippen LogP contribution in [0, 0.1) is 11.6 Å². The smallest absolute Gasteiger partial charge is 0.138 e. The van der Waals surface area contributed by atoms with Gasteiger partial charge in [0.25, 0.3) is 0 Å². The van der Waals surface area contributed by atoms with Crippen molar-refractivity contribution in [2.24, 2.45) is 0 Å². The summed E-state index contributed by atoms with van der Waals surface area (Å²) < 4.78 is 35.5. The molecule has 0 bridgehead atoms. The summed E-state index contributed by atoms with van der Waals surface area (Å²) >= 11 is 3.23. The van der Waals surface area contributed by atoms with Crippen molar-refractivity contribution in [1.29, 1.82) is 0 Å². The summed E-state index contributed by atoms with van der Waals surface area (Å²) in [6.45, 7) is 4.97. The van der Waals surface area contributed by atoms with Gasteiger partial charge in [0.1, 0.15) is 17.4 Å². The molecule has 0 amide bonds. The van der Waals surface area contributed by atoms with Crippen LogP contribution in [-0.2, 0) is 6.42 Å². The summed E-state index contributed by atoms with van der Waals surface area (Å²) in [5, 5.41) is 0. The van der Waals surface area contributed by atoms with E-state index >= 15 is 0 Å². The number of halogens is 2. The predicted octanol–water partition coefficient (Wildman–Crippen LogP) is 11.8. The lowest BCUT2D eigenvalue weighted by Crippen LogP contribution is -1.99. The van der Waals surface area contributed by atoms with Crippen LogP contribution in [0.4, 0.5) is 8.78 Å². The van der Waals surface area contributed by atoms with Gasteiger partial charge in [0.2, 0.25) is 0 Å². The van der Waals surface area contributed by atoms with Gasteiger partial charge in [-0.1, -0.05) is 90.9 Å². The molecule has 2 aromatic heterocycles. The van der Waals surface area contributed by atoms with E-state index in [-0.39, 0.29) is 11.3 Å². The Balaban J connectivity index is 1.45. The van der Waals surface area contributed by atoms with E-state index in [1.54, 1.807) is 11.3 Å². The highest BCUT2D eigenvalue weighted by molar-refractivity contribution is 7.23. The Hall–Kier alpha value is -1.72. The zero-order valence-electron chi connectivity index (χ0n) is 22.8. The van der Waals surface area contributed by atoms with Gasteiger partial charge in [-0.2, -0.15) is 0 Å². The molecule has 0 aliphatic rings. The zero-order valence-corrected chi connectivity index (χ0v) is 24.4. The molecule has 3 aromatic rings. The minimum Gasteiger partial charge on any atom is -0.493 e. The largest absolute Gasteiger partial charge is 0.493 e. The second kappa shape index (κ2) is 17.0. The standard InChI is InChI=1S/C32H44F2OS2/c1-3-5-7-9-10-11-12-13-14-16-22-35-25-23-27(33)32(28(34)24-25)31-21-20-30(37-31)29-19-18-26(36-29)17-15-8-6-4-2/h18-21,23-24H,3-17,22H2,1-2H3. The van der Waals surface area contributed by atoms with Gasteiger partial charge in [0.05, 0.1) is 12.2 Å². The molecule has 37 heavy (non-hydrogen) atoms. The predicted molar refractivity (Wildman–Crippen MR) is 158 cm³/mol. The summed E-state index contributed by atoms with van der Waals surface area (Å²) in [4.78, 5) is 4.21. The topological polar surface area (TPSA) is 9.23 Å². The number of benzene rings is 1. The molecule has 0 atom stereocenters. The third kappa shape index (κ3) is 10.2. The minimum absolute atomic E-state index is 0.0406. The highest BCUT2D eigenvalue weighted by Crippen LogP contribution is 2.40. The maximum Gasteiger partial charge on any atom is 0.138 e. The van der Waals surface area contributed by atoms with Crippen molar-refractivity contribution in [3.8, 4) is 25.9 Å². The molecule has 204 valence electrons. The Morgan fingerprint density at radius 3 is 1.76 bits per heavy atom. The number of unbranched alkanes of at least 4 members (excludes halogenated alkanes) is 12. The molecule has 1 nitrogen and oxygen atoms in total. The minimum atomic E-state index is -0.561. The van der Waals surface area contributed by atoms with Crippen LogP contribution in [0.15, 0.2) is 36.4 Å². The third-order valence-electron chi connectivity index (χ3n) is 6.82. The van der Waals surface area contributed by atoms with Crippen LogP contribution in [0.3, 0.4) is 0 Å². The Morgan fingerprint density at radius 2 is 1.11 bits per heavy atom. The normalized spacial score (nSPS) is 11.4. The number of aryl methyl sites for hydroxylation is 1. The Bertz CT molecular complexity index is 1020. The summed E-state index contributed by atoms with van der Waals surface area (Å²) in [5.41, 5.74) is 0.0406. The lowest BCUT2D eigenvalue weighted by Gasteiger charge is -2.09. The number of hydrogen-bond acceptors (Lipinski definition) is 3. The zero-order chi connectivity index (χ0) is 26.3. The summed E-state index contributed by atoms with van der Waals surface area (Å²) in [5.74, 6) is -0.846. The molecule has 0 saturated carbocycles. The lowest BCUT2D eigenvalue weighted by molar-refractivity contribution is 0.301. The molecule has 3 rings (SSSR count). The van der Waals surface area contributed by atoms with Crippen LogP contribution in [0.1, 0.15) is 109 Å². The molecule has 0 radical (unpaired) electrons. The lowest BCUT2D eigenvalue weighted by atomic mass is 10.1. The molecular formula is C32H44F2OS2. The number of ether oxygens (including phenoxy) is 1. The quantitative estimate of drug-likeness (QED) is 0.136. The molecule has 1 aromatic carbocycles. The Labute approximate surface area is 231 Å². The van der Waals surface area contributed by atoms with Crippen molar-refractivity contribution in [3.05, 3.63) is 52.9 Å². The van der Waals surface area contributed by atoms with Crippen LogP contribution < -0.4 is 4.74 Å². The molecule has 2 heterocycles. The second-order valence-electron chi connectivity index (χ2n) is 10.0. The number of hydrogen-bond donors (Lipinski definition) is 0. The fourth-order valence-corrected chi connectivity index (χ4v) is 6.82. The fraction of sp³-hybridized carbons (Fsp3) is 0.562. The first-order valence-corrected chi connectivity index (χ1v) is 16.1. The van der Waals surface area contributed by atoms with E-state index < -0.39 is 11.6 Å². The summed E-state index contributed by atoms with van der Waals surface area (Å²) in [6, 6.07) is 10.8. The van der Waals surface area contributed by atoms with E-state index in [0.717, 1.165) is 24.1 Å². The summed E-state index contributed by atoms with van der Waals surface area (Å²) in [7, 11) is 0. The van der Waals surface area contributed by atoms with Crippen molar-refractivity contribution >= 4 is 22.7 Å². The van der Waals surface area contributed by atoms with Crippen LogP contribution >= 0.6 is 22.7 Å². The monoisotopic (exact) mass is 546 g/mol. The van der Waals surface area contributed by atoms with E-state index in [9.17, 15) is 8.78 Å². The molecule has 0 saturated heterocycles.